The summed E-state index contributed by atoms with van der Waals surface area (Å²) in [4.78, 5) is 11.5. The number of fused-ring (bicyclic) bond motifs is 3. The Morgan fingerprint density at radius 1 is 1.47 bits per heavy atom. The predicted octanol–water partition coefficient (Wildman–Crippen LogP) is 2.99. The molecule has 0 unspecified atom stereocenters. The summed E-state index contributed by atoms with van der Waals surface area (Å²) in [7, 11) is 0. The number of hydrogen-bond donors (Lipinski definition) is 1. The van der Waals surface area contributed by atoms with E-state index in [1.807, 2.05) is 12.1 Å². The molecule has 86 valence electrons. The Balaban J connectivity index is 2.41. The van der Waals surface area contributed by atoms with Gasteiger partial charge in [0.1, 0.15) is 0 Å². The minimum Gasteiger partial charge on any atom is -0.351 e. The minimum absolute atomic E-state index is 0.465. The number of aromatic nitrogens is 1. The lowest BCUT2D eigenvalue weighted by Gasteiger charge is -2.12. The van der Waals surface area contributed by atoms with Crippen molar-refractivity contribution in [2.75, 3.05) is 0 Å². The summed E-state index contributed by atoms with van der Waals surface area (Å²) in [5, 5.41) is 1.69. The summed E-state index contributed by atoms with van der Waals surface area (Å²) in [5.41, 5.74) is 8.21. The van der Waals surface area contributed by atoms with Crippen molar-refractivity contribution >= 4 is 28.5 Å². The predicted molar refractivity (Wildman–Crippen MR) is 67.2 cm³/mol. The van der Waals surface area contributed by atoms with Gasteiger partial charge < -0.3 is 5.73 Å². The van der Waals surface area contributed by atoms with Crippen LogP contribution in [0, 0.1) is 6.42 Å². The topological polar surface area (TPSA) is 48.0 Å². The molecule has 1 aromatic carbocycles. The van der Waals surface area contributed by atoms with Crippen LogP contribution in [0.1, 0.15) is 24.1 Å². The molecule has 4 heteroatoms. The van der Waals surface area contributed by atoms with Crippen molar-refractivity contribution < 1.29 is 4.79 Å². The van der Waals surface area contributed by atoms with Crippen molar-refractivity contribution in [3.05, 3.63) is 40.9 Å². The number of nitrogens with zero attached hydrogens (tertiary/aromatic N) is 1. The maximum Gasteiger partial charge on any atom is 0.323 e. The van der Waals surface area contributed by atoms with Crippen LogP contribution < -0.4 is 5.73 Å². The molecule has 3 rings (SSSR count). The highest BCUT2D eigenvalue weighted by Crippen LogP contribution is 2.34. The van der Waals surface area contributed by atoms with Gasteiger partial charge in [-0.1, -0.05) is 11.6 Å². The van der Waals surface area contributed by atoms with Gasteiger partial charge in [-0.25, -0.2) is 4.79 Å². The van der Waals surface area contributed by atoms with Crippen molar-refractivity contribution in [2.24, 2.45) is 5.73 Å². The molecule has 2 radical (unpaired) electrons. The van der Waals surface area contributed by atoms with Gasteiger partial charge in [-0.05, 0) is 43.0 Å². The molecule has 1 aromatic heterocycles. The first-order valence-electron chi connectivity index (χ1n) is 5.55. The maximum atomic E-state index is 11.5. The molecule has 1 heterocycles. The number of carbonyl (C=O) groups excluding carboxylic acids is 1. The second-order valence-corrected chi connectivity index (χ2v) is 4.63. The molecule has 1 aliphatic rings. The Kier molecular flexibility index (Phi) is 2.37. The number of amides is 1. The summed E-state index contributed by atoms with van der Waals surface area (Å²) >= 11 is 6.00. The molecule has 0 aliphatic heterocycles. The van der Waals surface area contributed by atoms with E-state index in [4.69, 9.17) is 17.3 Å². The fourth-order valence-corrected chi connectivity index (χ4v) is 2.64. The van der Waals surface area contributed by atoms with E-state index < -0.39 is 6.03 Å². The number of halogens is 1. The van der Waals surface area contributed by atoms with Gasteiger partial charge in [0, 0.05) is 22.5 Å². The monoisotopic (exact) mass is 246 g/mol. The van der Waals surface area contributed by atoms with Gasteiger partial charge in [0.15, 0.2) is 0 Å². The number of aryl methyl sites for hydroxylation is 1. The Morgan fingerprint density at radius 3 is 3.06 bits per heavy atom. The third-order valence-electron chi connectivity index (χ3n) is 3.15. The van der Waals surface area contributed by atoms with E-state index in [1.54, 1.807) is 6.07 Å². The normalized spacial score (nSPS) is 14.9. The zero-order valence-electron chi connectivity index (χ0n) is 9.16. The van der Waals surface area contributed by atoms with Crippen LogP contribution in [0.5, 0.6) is 0 Å². The molecule has 0 spiro atoms. The lowest BCUT2D eigenvalue weighted by atomic mass is 9.96. The van der Waals surface area contributed by atoms with Gasteiger partial charge in [0.05, 0.1) is 5.52 Å². The zero-order chi connectivity index (χ0) is 12.0. The Morgan fingerprint density at radius 2 is 2.29 bits per heavy atom. The van der Waals surface area contributed by atoms with E-state index in [0.29, 0.717) is 5.02 Å². The smallest absolute Gasteiger partial charge is 0.323 e. The van der Waals surface area contributed by atoms with Gasteiger partial charge in [0.2, 0.25) is 0 Å². The first-order valence-corrected chi connectivity index (χ1v) is 5.93. The molecule has 2 N–H and O–H groups in total. The summed E-state index contributed by atoms with van der Waals surface area (Å²) in [5.74, 6) is 0. The first-order chi connectivity index (χ1) is 8.18. The van der Waals surface area contributed by atoms with Gasteiger partial charge in [-0.15, -0.1) is 0 Å². The van der Waals surface area contributed by atoms with Gasteiger partial charge in [-0.3, -0.25) is 4.57 Å². The molecule has 17 heavy (non-hydrogen) atoms. The van der Waals surface area contributed by atoms with E-state index in [0.717, 1.165) is 41.4 Å². The fraction of sp³-hybridized carbons (Fsp3) is 0.231. The molecule has 3 nitrogen and oxygen atoms in total. The molecule has 0 fully saturated rings. The van der Waals surface area contributed by atoms with Gasteiger partial charge >= 0.3 is 6.03 Å². The Bertz CT molecular complexity index is 615. The first kappa shape index (κ1) is 10.7. The molecular weight excluding hydrogens is 236 g/mol. The van der Waals surface area contributed by atoms with Crippen LogP contribution in [-0.2, 0) is 6.42 Å². The summed E-state index contributed by atoms with van der Waals surface area (Å²) in [6, 6.07) is 5.03. The molecule has 2 aromatic rings. The Hall–Kier alpha value is -1.48. The van der Waals surface area contributed by atoms with Crippen molar-refractivity contribution in [3.8, 4) is 0 Å². The van der Waals surface area contributed by atoms with E-state index in [2.05, 4.69) is 6.42 Å². The van der Waals surface area contributed by atoms with Crippen molar-refractivity contribution in [2.45, 2.75) is 19.3 Å². The molecule has 1 aliphatic carbocycles. The van der Waals surface area contributed by atoms with Gasteiger partial charge in [0.25, 0.3) is 0 Å². The minimum atomic E-state index is -0.465. The summed E-state index contributed by atoms with van der Waals surface area (Å²) < 4.78 is 1.53. The average molecular weight is 247 g/mol. The van der Waals surface area contributed by atoms with Crippen molar-refractivity contribution in [1.82, 2.24) is 4.57 Å². The number of nitrogens with two attached hydrogens (primary N) is 1. The SMILES string of the molecule is NC(=O)n1c2c(c3cc(Cl)ccc31)CCC[C]2. The van der Waals surface area contributed by atoms with Crippen molar-refractivity contribution in [1.29, 1.82) is 0 Å². The quantitative estimate of drug-likeness (QED) is 0.763. The zero-order valence-corrected chi connectivity index (χ0v) is 9.92. The average Bonchev–Trinajstić information content (AvgIpc) is 2.63. The third kappa shape index (κ3) is 1.53. The second-order valence-electron chi connectivity index (χ2n) is 4.19. The number of hydrogen-bond acceptors (Lipinski definition) is 1. The molecule has 0 saturated carbocycles. The van der Waals surface area contributed by atoms with E-state index in [9.17, 15) is 4.79 Å². The lowest BCUT2D eigenvalue weighted by Crippen LogP contribution is -2.22. The van der Waals surface area contributed by atoms with Crippen LogP contribution in [0.15, 0.2) is 18.2 Å². The number of carbonyl (C=O) groups is 1. The molecule has 0 saturated heterocycles. The van der Waals surface area contributed by atoms with Crippen LogP contribution in [0.3, 0.4) is 0 Å². The molecule has 0 atom stereocenters. The van der Waals surface area contributed by atoms with Crippen LogP contribution in [-0.4, -0.2) is 10.6 Å². The third-order valence-corrected chi connectivity index (χ3v) is 3.39. The van der Waals surface area contributed by atoms with Crippen molar-refractivity contribution in [3.63, 3.8) is 0 Å². The summed E-state index contributed by atoms with van der Waals surface area (Å²) in [6.07, 6.45) is 6.10. The lowest BCUT2D eigenvalue weighted by molar-refractivity contribution is 0.251. The highest BCUT2D eigenvalue weighted by Gasteiger charge is 2.22. The Labute approximate surface area is 104 Å². The molecular formula is C13H11ClN2O. The molecule has 1 amide bonds. The number of rotatable bonds is 0. The van der Waals surface area contributed by atoms with E-state index in [-0.39, 0.29) is 0 Å². The number of benzene rings is 1. The van der Waals surface area contributed by atoms with Crippen LogP contribution >= 0.6 is 11.6 Å². The standard InChI is InChI=1S/C13H11ClN2O/c14-8-5-6-12-10(7-8)9-3-1-2-4-11(9)16(12)13(15)17/h5-7H,1-3H2,(H2,15,17). The fourth-order valence-electron chi connectivity index (χ4n) is 2.47. The van der Waals surface area contributed by atoms with E-state index >= 15 is 0 Å². The highest BCUT2D eigenvalue weighted by molar-refractivity contribution is 6.31. The van der Waals surface area contributed by atoms with Crippen LogP contribution in [0.2, 0.25) is 5.02 Å². The maximum absolute atomic E-state index is 11.5. The van der Waals surface area contributed by atoms with Crippen LogP contribution in [0.4, 0.5) is 4.79 Å². The summed E-state index contributed by atoms with van der Waals surface area (Å²) in [6.45, 7) is 0. The van der Waals surface area contributed by atoms with E-state index in [1.165, 1.54) is 4.57 Å². The number of primary amides is 1. The molecule has 0 bridgehead atoms. The van der Waals surface area contributed by atoms with Gasteiger partial charge in [-0.2, -0.15) is 0 Å². The highest BCUT2D eigenvalue weighted by atomic mass is 35.5. The largest absolute Gasteiger partial charge is 0.351 e. The van der Waals surface area contributed by atoms with Crippen LogP contribution in [0.25, 0.3) is 10.9 Å². The second kappa shape index (κ2) is 3.77.